The van der Waals surface area contributed by atoms with Gasteiger partial charge in [0.05, 0.1) is 18.3 Å². The predicted octanol–water partition coefficient (Wildman–Crippen LogP) is -0.718. The highest BCUT2D eigenvalue weighted by molar-refractivity contribution is 5.85. The van der Waals surface area contributed by atoms with E-state index in [0.29, 0.717) is 6.42 Å². The summed E-state index contributed by atoms with van der Waals surface area (Å²) >= 11 is 0. The molecule has 0 bridgehead atoms. The van der Waals surface area contributed by atoms with E-state index in [9.17, 15) is 10.2 Å². The lowest BCUT2D eigenvalue weighted by atomic mass is 9.90. The van der Waals surface area contributed by atoms with Gasteiger partial charge < -0.3 is 20.3 Å². The fraction of sp³-hybridized carbons (Fsp3) is 1.00. The molecule has 1 spiro atoms. The van der Waals surface area contributed by atoms with E-state index in [-0.39, 0.29) is 24.6 Å². The summed E-state index contributed by atoms with van der Waals surface area (Å²) in [7, 11) is 0. The number of ether oxygens (including phenoxy) is 1. The van der Waals surface area contributed by atoms with Crippen LogP contribution in [0.15, 0.2) is 0 Å². The highest BCUT2D eigenvalue weighted by atomic mass is 35.5. The highest BCUT2D eigenvalue weighted by Gasteiger charge is 2.42. The van der Waals surface area contributed by atoms with Crippen molar-refractivity contribution in [3.8, 4) is 0 Å². The zero-order chi connectivity index (χ0) is 8.60. The minimum atomic E-state index is -0.698. The third-order valence-corrected chi connectivity index (χ3v) is 2.79. The third kappa shape index (κ3) is 2.14. The van der Waals surface area contributed by atoms with Gasteiger partial charge in [0.15, 0.2) is 0 Å². The van der Waals surface area contributed by atoms with Gasteiger partial charge >= 0.3 is 0 Å². The Bertz CT molecular complexity index is 173. The summed E-state index contributed by atoms with van der Waals surface area (Å²) in [4.78, 5) is 0. The fourth-order valence-electron chi connectivity index (χ4n) is 1.97. The fourth-order valence-corrected chi connectivity index (χ4v) is 1.97. The number of halogens is 1. The first kappa shape index (κ1) is 11.2. The monoisotopic (exact) mass is 209 g/mol. The van der Waals surface area contributed by atoms with Gasteiger partial charge in [0, 0.05) is 13.0 Å². The second kappa shape index (κ2) is 4.11. The van der Waals surface area contributed by atoms with Crippen molar-refractivity contribution in [1.29, 1.82) is 0 Å². The van der Waals surface area contributed by atoms with Crippen molar-refractivity contribution in [2.75, 3.05) is 19.7 Å². The third-order valence-electron chi connectivity index (χ3n) is 2.79. The maximum absolute atomic E-state index is 9.45. The first-order valence-electron chi connectivity index (χ1n) is 4.43. The topological polar surface area (TPSA) is 61.7 Å². The Labute approximate surface area is 83.7 Å². The number of nitrogens with one attached hydrogen (secondary N) is 1. The van der Waals surface area contributed by atoms with E-state index >= 15 is 0 Å². The maximum Gasteiger partial charge on any atom is 0.103 e. The lowest BCUT2D eigenvalue weighted by molar-refractivity contribution is -0.163. The lowest BCUT2D eigenvalue weighted by Gasteiger charge is -2.38. The molecular weight excluding hydrogens is 194 g/mol. The SMILES string of the molecule is Cl.O[C@@H]1COC2(CCNC2)C[C@@H]1O. The maximum atomic E-state index is 9.45. The summed E-state index contributed by atoms with van der Waals surface area (Å²) in [5.74, 6) is 0. The van der Waals surface area contributed by atoms with Crippen LogP contribution in [0.1, 0.15) is 12.8 Å². The number of aliphatic hydroxyl groups excluding tert-OH is 2. The van der Waals surface area contributed by atoms with Gasteiger partial charge in [-0.05, 0) is 13.0 Å². The van der Waals surface area contributed by atoms with Crippen LogP contribution in [-0.2, 0) is 4.74 Å². The Morgan fingerprint density at radius 1 is 1.31 bits per heavy atom. The summed E-state index contributed by atoms with van der Waals surface area (Å²) in [6.07, 6.45) is 0.188. The predicted molar refractivity (Wildman–Crippen MR) is 50.0 cm³/mol. The van der Waals surface area contributed by atoms with Crippen LogP contribution in [0.3, 0.4) is 0 Å². The number of hydrogen-bond donors (Lipinski definition) is 3. The van der Waals surface area contributed by atoms with Gasteiger partial charge in [0.2, 0.25) is 0 Å². The summed E-state index contributed by atoms with van der Waals surface area (Å²) < 4.78 is 5.54. The molecule has 2 aliphatic rings. The van der Waals surface area contributed by atoms with Crippen molar-refractivity contribution in [2.24, 2.45) is 0 Å². The molecule has 3 N–H and O–H groups in total. The molecule has 2 aliphatic heterocycles. The zero-order valence-electron chi connectivity index (χ0n) is 7.40. The van der Waals surface area contributed by atoms with Crippen LogP contribution in [0.25, 0.3) is 0 Å². The van der Waals surface area contributed by atoms with Crippen LogP contribution < -0.4 is 5.32 Å². The van der Waals surface area contributed by atoms with Crippen molar-refractivity contribution in [3.63, 3.8) is 0 Å². The molecule has 3 atom stereocenters. The molecule has 2 heterocycles. The summed E-state index contributed by atoms with van der Waals surface area (Å²) in [6, 6.07) is 0. The largest absolute Gasteiger partial charge is 0.390 e. The molecule has 2 rings (SSSR count). The lowest BCUT2D eigenvalue weighted by Crippen LogP contribution is -2.50. The van der Waals surface area contributed by atoms with Gasteiger partial charge in [-0.25, -0.2) is 0 Å². The second-order valence-corrected chi connectivity index (χ2v) is 3.76. The van der Waals surface area contributed by atoms with Gasteiger partial charge in [-0.3, -0.25) is 0 Å². The van der Waals surface area contributed by atoms with E-state index < -0.39 is 12.2 Å². The Balaban J connectivity index is 0.000000845. The molecule has 78 valence electrons. The number of hydrogen-bond acceptors (Lipinski definition) is 4. The van der Waals surface area contributed by atoms with Crippen molar-refractivity contribution in [1.82, 2.24) is 5.32 Å². The Hall–Kier alpha value is 0.130. The molecule has 0 aliphatic carbocycles. The molecular formula is C8H16ClNO3. The number of aliphatic hydroxyl groups is 2. The molecule has 5 heteroatoms. The van der Waals surface area contributed by atoms with Gasteiger partial charge in [0.25, 0.3) is 0 Å². The zero-order valence-corrected chi connectivity index (χ0v) is 8.22. The second-order valence-electron chi connectivity index (χ2n) is 3.76. The summed E-state index contributed by atoms with van der Waals surface area (Å²) in [5.41, 5.74) is -0.196. The van der Waals surface area contributed by atoms with Crippen LogP contribution in [0.2, 0.25) is 0 Å². The van der Waals surface area contributed by atoms with Crippen LogP contribution in [0.4, 0.5) is 0 Å². The molecule has 4 nitrogen and oxygen atoms in total. The van der Waals surface area contributed by atoms with Crippen molar-refractivity contribution in [3.05, 3.63) is 0 Å². The van der Waals surface area contributed by atoms with E-state index in [2.05, 4.69) is 5.32 Å². The van der Waals surface area contributed by atoms with Crippen molar-refractivity contribution < 1.29 is 14.9 Å². The molecule has 0 aromatic heterocycles. The summed E-state index contributed by atoms with van der Waals surface area (Å²) in [6.45, 7) is 2.02. The van der Waals surface area contributed by atoms with Gasteiger partial charge in [-0.1, -0.05) is 0 Å². The Morgan fingerprint density at radius 3 is 2.62 bits per heavy atom. The molecule has 0 radical (unpaired) electrons. The van der Waals surface area contributed by atoms with Crippen LogP contribution in [-0.4, -0.2) is 47.7 Å². The van der Waals surface area contributed by atoms with Crippen molar-refractivity contribution in [2.45, 2.75) is 30.7 Å². The van der Waals surface area contributed by atoms with Crippen LogP contribution in [0, 0.1) is 0 Å². The van der Waals surface area contributed by atoms with E-state index in [4.69, 9.17) is 4.74 Å². The molecule has 1 unspecified atom stereocenters. The Morgan fingerprint density at radius 2 is 2.08 bits per heavy atom. The normalized spacial score (nSPS) is 44.8. The van der Waals surface area contributed by atoms with Crippen LogP contribution >= 0.6 is 12.4 Å². The smallest absolute Gasteiger partial charge is 0.103 e. The first-order chi connectivity index (χ1) is 5.72. The average molecular weight is 210 g/mol. The highest BCUT2D eigenvalue weighted by Crippen LogP contribution is 2.30. The molecule has 0 amide bonds. The van der Waals surface area contributed by atoms with E-state index in [1.54, 1.807) is 0 Å². The molecule has 2 fully saturated rings. The quantitative estimate of drug-likeness (QED) is 0.493. The minimum absolute atomic E-state index is 0. The van der Waals surface area contributed by atoms with Crippen molar-refractivity contribution >= 4 is 12.4 Å². The molecule has 0 aromatic rings. The molecule has 13 heavy (non-hydrogen) atoms. The van der Waals surface area contributed by atoms with Gasteiger partial charge in [-0.15, -0.1) is 12.4 Å². The van der Waals surface area contributed by atoms with Crippen LogP contribution in [0.5, 0.6) is 0 Å². The molecule has 0 saturated carbocycles. The van der Waals surface area contributed by atoms with E-state index in [0.717, 1.165) is 19.5 Å². The van der Waals surface area contributed by atoms with Gasteiger partial charge in [-0.2, -0.15) is 0 Å². The van der Waals surface area contributed by atoms with E-state index in [1.807, 2.05) is 0 Å². The summed E-state index contributed by atoms with van der Waals surface area (Å²) in [5, 5.41) is 21.9. The number of rotatable bonds is 0. The first-order valence-corrected chi connectivity index (χ1v) is 4.43. The average Bonchev–Trinajstić information content (AvgIpc) is 2.47. The standard InChI is InChI=1S/C8H15NO3.ClH/c10-6-3-8(1-2-9-5-8)12-4-7(6)11;/h6-7,9-11H,1-5H2;1H/t6-,7+,8?;/m0./s1. The molecule has 0 aromatic carbocycles. The Kier molecular flexibility index (Phi) is 3.54. The minimum Gasteiger partial charge on any atom is -0.390 e. The van der Waals surface area contributed by atoms with Gasteiger partial charge in [0.1, 0.15) is 6.10 Å². The molecule has 2 saturated heterocycles. The van der Waals surface area contributed by atoms with E-state index in [1.165, 1.54) is 0 Å².